The molecular weight excluding hydrogens is 383 g/mol. The lowest BCUT2D eigenvalue weighted by molar-refractivity contribution is -0.0406. The summed E-state index contributed by atoms with van der Waals surface area (Å²) in [5, 5.41) is 0.993. The maximum Gasteiger partial charge on any atom is 0.258 e. The Hall–Kier alpha value is -1.62. The normalized spacial score (nSPS) is 18.9. The molecule has 1 atom stereocenters. The van der Waals surface area contributed by atoms with Crippen molar-refractivity contribution in [3.8, 4) is 11.1 Å². The molecule has 4 nitrogen and oxygen atoms in total. The van der Waals surface area contributed by atoms with Crippen LogP contribution in [0.2, 0.25) is 10.2 Å². The average molecular weight is 407 g/mol. The van der Waals surface area contributed by atoms with Crippen molar-refractivity contribution in [2.75, 3.05) is 6.61 Å². The van der Waals surface area contributed by atoms with Crippen LogP contribution in [0.15, 0.2) is 36.5 Å². The standard InChI is InChI=1S/C21H24Cl2N2O2/c1-13(2)9-17-12-27-21(3,4)25(17)20(26)15-10-18(19(23)24-11-15)14-5-7-16(22)8-6-14/h5-8,10-11,13,17H,9,12H2,1-4H3. The first kappa shape index (κ1) is 20.1. The van der Waals surface area contributed by atoms with E-state index in [9.17, 15) is 4.79 Å². The second-order valence-electron chi connectivity index (χ2n) is 7.79. The predicted octanol–water partition coefficient (Wildman–Crippen LogP) is 5.68. The molecule has 2 aromatic rings. The van der Waals surface area contributed by atoms with Crippen molar-refractivity contribution >= 4 is 29.1 Å². The summed E-state index contributed by atoms with van der Waals surface area (Å²) in [5.41, 5.74) is 1.41. The first-order valence-electron chi connectivity index (χ1n) is 9.08. The first-order chi connectivity index (χ1) is 12.7. The number of rotatable bonds is 4. The van der Waals surface area contributed by atoms with Crippen LogP contribution >= 0.6 is 23.2 Å². The van der Waals surface area contributed by atoms with Crippen LogP contribution in [0.3, 0.4) is 0 Å². The molecule has 1 saturated heterocycles. The van der Waals surface area contributed by atoms with Gasteiger partial charge < -0.3 is 9.64 Å². The molecule has 1 aromatic heterocycles. The Labute approximate surface area is 170 Å². The predicted molar refractivity (Wildman–Crippen MR) is 109 cm³/mol. The second-order valence-corrected chi connectivity index (χ2v) is 8.58. The topological polar surface area (TPSA) is 42.4 Å². The van der Waals surface area contributed by atoms with Gasteiger partial charge in [0.05, 0.1) is 18.2 Å². The smallest absolute Gasteiger partial charge is 0.258 e. The Morgan fingerprint density at radius 1 is 1.30 bits per heavy atom. The van der Waals surface area contributed by atoms with Crippen molar-refractivity contribution in [3.05, 3.63) is 52.3 Å². The summed E-state index contributed by atoms with van der Waals surface area (Å²) in [5.74, 6) is 0.373. The van der Waals surface area contributed by atoms with Crippen LogP contribution in [0.4, 0.5) is 0 Å². The lowest BCUT2D eigenvalue weighted by atomic mass is 10.0. The number of pyridine rings is 1. The van der Waals surface area contributed by atoms with Gasteiger partial charge in [-0.3, -0.25) is 4.79 Å². The highest BCUT2D eigenvalue weighted by molar-refractivity contribution is 6.32. The molecule has 144 valence electrons. The fraction of sp³-hybridized carbons (Fsp3) is 0.429. The van der Waals surface area contributed by atoms with Gasteiger partial charge in [-0.05, 0) is 49.9 Å². The van der Waals surface area contributed by atoms with Gasteiger partial charge in [-0.2, -0.15) is 0 Å². The molecule has 1 aliphatic heterocycles. The summed E-state index contributed by atoms with van der Waals surface area (Å²) in [6, 6.07) is 9.15. The maximum atomic E-state index is 13.3. The minimum atomic E-state index is -0.656. The van der Waals surface area contributed by atoms with Crippen molar-refractivity contribution in [2.45, 2.75) is 45.9 Å². The van der Waals surface area contributed by atoms with E-state index in [1.165, 1.54) is 6.20 Å². The number of carbonyl (C=O) groups is 1. The molecule has 0 bridgehead atoms. The fourth-order valence-corrected chi connectivity index (χ4v) is 3.89. The number of hydrogen-bond acceptors (Lipinski definition) is 3. The molecule has 1 amide bonds. The lowest BCUT2D eigenvalue weighted by Gasteiger charge is -2.34. The third-order valence-electron chi connectivity index (χ3n) is 4.78. The van der Waals surface area contributed by atoms with Gasteiger partial charge in [0.1, 0.15) is 10.9 Å². The minimum absolute atomic E-state index is 0.0437. The van der Waals surface area contributed by atoms with E-state index in [1.807, 2.05) is 30.9 Å². The Balaban J connectivity index is 1.96. The summed E-state index contributed by atoms with van der Waals surface area (Å²) in [4.78, 5) is 19.4. The highest BCUT2D eigenvalue weighted by atomic mass is 35.5. The summed E-state index contributed by atoms with van der Waals surface area (Å²) >= 11 is 12.3. The van der Waals surface area contributed by atoms with Gasteiger partial charge in [0, 0.05) is 16.8 Å². The molecule has 1 aliphatic rings. The molecule has 0 saturated carbocycles. The third-order valence-corrected chi connectivity index (χ3v) is 5.33. The van der Waals surface area contributed by atoms with Gasteiger partial charge in [0.25, 0.3) is 5.91 Å². The maximum absolute atomic E-state index is 13.3. The van der Waals surface area contributed by atoms with Gasteiger partial charge in [-0.1, -0.05) is 49.2 Å². The monoisotopic (exact) mass is 406 g/mol. The number of hydrogen-bond donors (Lipinski definition) is 0. The Bertz CT molecular complexity index is 835. The number of halogens is 2. The Kier molecular flexibility index (Phi) is 5.80. The van der Waals surface area contributed by atoms with Crippen molar-refractivity contribution in [2.24, 2.45) is 5.92 Å². The zero-order valence-corrected chi connectivity index (χ0v) is 17.5. The number of nitrogens with zero attached hydrogens (tertiary/aromatic N) is 2. The second kappa shape index (κ2) is 7.78. The van der Waals surface area contributed by atoms with Crippen molar-refractivity contribution in [3.63, 3.8) is 0 Å². The van der Waals surface area contributed by atoms with Gasteiger partial charge in [-0.15, -0.1) is 0 Å². The largest absolute Gasteiger partial charge is 0.354 e. The van der Waals surface area contributed by atoms with E-state index in [-0.39, 0.29) is 11.9 Å². The quantitative estimate of drug-likeness (QED) is 0.613. The van der Waals surface area contributed by atoms with Crippen LogP contribution in [-0.4, -0.2) is 34.2 Å². The molecule has 27 heavy (non-hydrogen) atoms. The number of benzene rings is 1. The first-order valence-corrected chi connectivity index (χ1v) is 9.83. The van der Waals surface area contributed by atoms with Crippen molar-refractivity contribution < 1.29 is 9.53 Å². The van der Waals surface area contributed by atoms with Crippen LogP contribution in [0.1, 0.15) is 44.5 Å². The lowest BCUT2D eigenvalue weighted by Crippen LogP contribution is -2.48. The Morgan fingerprint density at radius 3 is 2.59 bits per heavy atom. The van der Waals surface area contributed by atoms with Gasteiger partial charge in [0.2, 0.25) is 0 Å². The van der Waals surface area contributed by atoms with E-state index in [0.29, 0.717) is 33.8 Å². The highest BCUT2D eigenvalue weighted by Gasteiger charge is 2.44. The molecule has 2 heterocycles. The van der Waals surface area contributed by atoms with Crippen LogP contribution < -0.4 is 0 Å². The van der Waals surface area contributed by atoms with Gasteiger partial charge in [-0.25, -0.2) is 4.98 Å². The summed E-state index contributed by atoms with van der Waals surface area (Å²) < 4.78 is 5.90. The SMILES string of the molecule is CC(C)CC1COC(C)(C)N1C(=O)c1cnc(Cl)c(-c2ccc(Cl)cc2)c1. The summed E-state index contributed by atoms with van der Waals surface area (Å²) in [6.45, 7) is 8.69. The van der Waals surface area contributed by atoms with E-state index in [1.54, 1.807) is 18.2 Å². The van der Waals surface area contributed by atoms with Crippen LogP contribution in [0.25, 0.3) is 11.1 Å². The molecule has 0 N–H and O–H groups in total. The van der Waals surface area contributed by atoms with Crippen LogP contribution in [0, 0.1) is 5.92 Å². The number of ether oxygens (including phenoxy) is 1. The van der Waals surface area contributed by atoms with E-state index in [2.05, 4.69) is 18.8 Å². The van der Waals surface area contributed by atoms with Crippen LogP contribution in [-0.2, 0) is 4.74 Å². The third kappa shape index (κ3) is 4.29. The zero-order valence-electron chi connectivity index (χ0n) is 16.0. The highest BCUT2D eigenvalue weighted by Crippen LogP contribution is 2.34. The molecule has 1 fully saturated rings. The Morgan fingerprint density at radius 2 is 1.96 bits per heavy atom. The fourth-order valence-electron chi connectivity index (χ4n) is 3.55. The number of aromatic nitrogens is 1. The molecular formula is C21H24Cl2N2O2. The molecule has 1 unspecified atom stereocenters. The molecule has 3 rings (SSSR count). The van der Waals surface area contributed by atoms with E-state index in [4.69, 9.17) is 27.9 Å². The molecule has 0 aliphatic carbocycles. The molecule has 1 aromatic carbocycles. The zero-order chi connectivity index (χ0) is 19.8. The number of carbonyl (C=O) groups excluding carboxylic acids is 1. The summed E-state index contributed by atoms with van der Waals surface area (Å²) in [7, 11) is 0. The van der Waals surface area contributed by atoms with E-state index < -0.39 is 5.72 Å². The molecule has 0 spiro atoms. The van der Waals surface area contributed by atoms with E-state index >= 15 is 0 Å². The van der Waals surface area contributed by atoms with Crippen LogP contribution in [0.5, 0.6) is 0 Å². The van der Waals surface area contributed by atoms with Crippen molar-refractivity contribution in [1.29, 1.82) is 0 Å². The van der Waals surface area contributed by atoms with Gasteiger partial charge >= 0.3 is 0 Å². The molecule has 0 radical (unpaired) electrons. The minimum Gasteiger partial charge on any atom is -0.354 e. The molecule has 6 heteroatoms. The number of amides is 1. The van der Waals surface area contributed by atoms with Gasteiger partial charge in [0.15, 0.2) is 0 Å². The average Bonchev–Trinajstić information content (AvgIpc) is 2.89. The summed E-state index contributed by atoms with van der Waals surface area (Å²) in [6.07, 6.45) is 2.42. The van der Waals surface area contributed by atoms with Crippen molar-refractivity contribution in [1.82, 2.24) is 9.88 Å². The van der Waals surface area contributed by atoms with E-state index in [0.717, 1.165) is 12.0 Å².